The Hall–Kier alpha value is -0.870. The number of unbranched alkanes of at least 4 members (excludes halogenated alkanes) is 1. The van der Waals surface area contributed by atoms with Crippen LogP contribution >= 0.6 is 0 Å². The molecule has 0 atom stereocenters. The molecule has 0 unspecified atom stereocenters. The minimum atomic E-state index is 0.846. The number of methoxy groups -OCH3 is 1. The first-order chi connectivity index (χ1) is 7.36. The number of hydrogen-bond donors (Lipinski definition) is 1. The number of ether oxygens (including phenoxy) is 1. The summed E-state index contributed by atoms with van der Waals surface area (Å²) in [4.78, 5) is 4.32. The highest BCUT2D eigenvalue weighted by Crippen LogP contribution is 1.99. The molecule has 1 N–H and O–H groups in total. The molecule has 0 aliphatic heterocycles. The Bertz CT molecular complexity index is 260. The van der Waals surface area contributed by atoms with Gasteiger partial charge in [0.1, 0.15) is 0 Å². The van der Waals surface area contributed by atoms with E-state index in [1.54, 1.807) is 7.11 Å². The highest BCUT2D eigenvalue weighted by Gasteiger charge is 1.97. The van der Waals surface area contributed by atoms with Crippen molar-refractivity contribution < 1.29 is 4.74 Å². The van der Waals surface area contributed by atoms with Crippen molar-refractivity contribution in [3.05, 3.63) is 18.2 Å². The number of hydrogen-bond acceptors (Lipinski definition) is 3. The van der Waals surface area contributed by atoms with Gasteiger partial charge in [0.2, 0.25) is 0 Å². The van der Waals surface area contributed by atoms with Crippen LogP contribution < -0.4 is 5.32 Å². The number of aromatic nitrogens is 2. The summed E-state index contributed by atoms with van der Waals surface area (Å²) in [6.45, 7) is 5.82. The molecular formula is C11H21N3O. The second kappa shape index (κ2) is 7.43. The third-order valence-electron chi connectivity index (χ3n) is 2.26. The largest absolute Gasteiger partial charge is 0.385 e. The standard InChI is InChI=1S/C11H21N3O/c1-3-12-8-11-9-14(10-13-11)6-4-5-7-15-2/h9-10,12H,3-8H2,1-2H3. The maximum atomic E-state index is 5.00. The molecular weight excluding hydrogens is 190 g/mol. The Balaban J connectivity index is 2.20. The summed E-state index contributed by atoms with van der Waals surface area (Å²) < 4.78 is 7.14. The fourth-order valence-corrected chi connectivity index (χ4v) is 1.41. The van der Waals surface area contributed by atoms with Gasteiger partial charge in [0, 0.05) is 33.0 Å². The molecule has 0 aliphatic rings. The second-order valence-electron chi connectivity index (χ2n) is 3.58. The molecule has 0 fully saturated rings. The average Bonchev–Trinajstić information content (AvgIpc) is 2.69. The molecule has 0 bridgehead atoms. The number of rotatable bonds is 8. The SMILES string of the molecule is CCNCc1cn(CCCCOC)cn1. The number of aryl methyl sites for hydroxylation is 1. The van der Waals surface area contributed by atoms with E-state index < -0.39 is 0 Å². The second-order valence-corrected chi connectivity index (χ2v) is 3.58. The normalized spacial score (nSPS) is 10.8. The summed E-state index contributed by atoms with van der Waals surface area (Å²) in [5, 5.41) is 3.26. The smallest absolute Gasteiger partial charge is 0.0949 e. The monoisotopic (exact) mass is 211 g/mol. The Labute approximate surface area is 91.7 Å². The van der Waals surface area contributed by atoms with Gasteiger partial charge in [0.15, 0.2) is 0 Å². The van der Waals surface area contributed by atoms with Crippen LogP contribution in [0.2, 0.25) is 0 Å². The third-order valence-corrected chi connectivity index (χ3v) is 2.26. The van der Waals surface area contributed by atoms with Gasteiger partial charge in [-0.05, 0) is 19.4 Å². The van der Waals surface area contributed by atoms with Gasteiger partial charge in [-0.3, -0.25) is 0 Å². The molecule has 1 aromatic rings. The zero-order valence-corrected chi connectivity index (χ0v) is 9.70. The summed E-state index contributed by atoms with van der Waals surface area (Å²) in [6.07, 6.45) is 6.26. The molecule has 1 heterocycles. The fraction of sp³-hybridized carbons (Fsp3) is 0.727. The van der Waals surface area contributed by atoms with E-state index in [0.29, 0.717) is 0 Å². The molecule has 0 aliphatic carbocycles. The van der Waals surface area contributed by atoms with E-state index in [-0.39, 0.29) is 0 Å². The maximum absolute atomic E-state index is 5.00. The van der Waals surface area contributed by atoms with Gasteiger partial charge >= 0.3 is 0 Å². The van der Waals surface area contributed by atoms with Crippen molar-refractivity contribution in [3.8, 4) is 0 Å². The molecule has 1 aromatic heterocycles. The topological polar surface area (TPSA) is 39.1 Å². The van der Waals surface area contributed by atoms with E-state index in [0.717, 1.165) is 44.8 Å². The number of nitrogens with one attached hydrogen (secondary N) is 1. The zero-order chi connectivity index (χ0) is 10.9. The molecule has 0 amide bonds. The van der Waals surface area contributed by atoms with Crippen LogP contribution in [-0.2, 0) is 17.8 Å². The molecule has 0 aromatic carbocycles. The van der Waals surface area contributed by atoms with Crippen LogP contribution in [0.25, 0.3) is 0 Å². The maximum Gasteiger partial charge on any atom is 0.0949 e. The predicted octanol–water partition coefficient (Wildman–Crippen LogP) is 1.42. The van der Waals surface area contributed by atoms with Crippen LogP contribution in [0.15, 0.2) is 12.5 Å². The van der Waals surface area contributed by atoms with Gasteiger partial charge in [-0.15, -0.1) is 0 Å². The zero-order valence-electron chi connectivity index (χ0n) is 9.70. The third kappa shape index (κ3) is 4.95. The Morgan fingerprint density at radius 1 is 1.47 bits per heavy atom. The summed E-state index contributed by atoms with van der Waals surface area (Å²) in [5.74, 6) is 0. The van der Waals surface area contributed by atoms with Crippen molar-refractivity contribution in [3.63, 3.8) is 0 Å². The van der Waals surface area contributed by atoms with Crippen LogP contribution in [-0.4, -0.2) is 29.8 Å². The average molecular weight is 211 g/mol. The highest BCUT2D eigenvalue weighted by molar-refractivity contribution is 4.95. The van der Waals surface area contributed by atoms with Gasteiger partial charge < -0.3 is 14.6 Å². The Morgan fingerprint density at radius 2 is 2.33 bits per heavy atom. The van der Waals surface area contributed by atoms with E-state index in [4.69, 9.17) is 4.74 Å². The van der Waals surface area contributed by atoms with Crippen molar-refractivity contribution in [1.29, 1.82) is 0 Å². The van der Waals surface area contributed by atoms with Crippen molar-refractivity contribution >= 4 is 0 Å². The first-order valence-electron chi connectivity index (χ1n) is 5.57. The van der Waals surface area contributed by atoms with Crippen molar-refractivity contribution in [2.75, 3.05) is 20.3 Å². The van der Waals surface area contributed by atoms with E-state index >= 15 is 0 Å². The first-order valence-corrected chi connectivity index (χ1v) is 5.57. The molecule has 86 valence electrons. The summed E-state index contributed by atoms with van der Waals surface area (Å²) in [5.41, 5.74) is 1.11. The van der Waals surface area contributed by atoms with Gasteiger partial charge in [-0.2, -0.15) is 0 Å². The number of nitrogens with zero attached hydrogens (tertiary/aromatic N) is 2. The quantitative estimate of drug-likeness (QED) is 0.661. The van der Waals surface area contributed by atoms with Crippen molar-refractivity contribution in [1.82, 2.24) is 14.9 Å². The summed E-state index contributed by atoms with van der Waals surface area (Å²) in [6, 6.07) is 0. The molecule has 0 saturated heterocycles. The molecule has 1 rings (SSSR count). The van der Waals surface area contributed by atoms with Crippen LogP contribution in [0.5, 0.6) is 0 Å². The lowest BCUT2D eigenvalue weighted by Gasteiger charge is -2.01. The molecule has 0 radical (unpaired) electrons. The van der Waals surface area contributed by atoms with Crippen LogP contribution in [0.1, 0.15) is 25.5 Å². The van der Waals surface area contributed by atoms with Gasteiger partial charge in [-0.25, -0.2) is 4.98 Å². The summed E-state index contributed by atoms with van der Waals surface area (Å²) >= 11 is 0. The lowest BCUT2D eigenvalue weighted by molar-refractivity contribution is 0.191. The van der Waals surface area contributed by atoms with Gasteiger partial charge in [-0.1, -0.05) is 6.92 Å². The lowest BCUT2D eigenvalue weighted by Crippen LogP contribution is -2.11. The molecule has 15 heavy (non-hydrogen) atoms. The van der Waals surface area contributed by atoms with E-state index in [2.05, 4.69) is 28.0 Å². The molecule has 4 heteroatoms. The van der Waals surface area contributed by atoms with E-state index in [1.807, 2.05) is 6.33 Å². The Kier molecular flexibility index (Phi) is 6.04. The molecule has 0 spiro atoms. The predicted molar refractivity (Wildman–Crippen MR) is 60.7 cm³/mol. The van der Waals surface area contributed by atoms with Gasteiger partial charge in [0.05, 0.1) is 12.0 Å². The lowest BCUT2D eigenvalue weighted by atomic mass is 10.3. The van der Waals surface area contributed by atoms with Crippen LogP contribution in [0.4, 0.5) is 0 Å². The van der Waals surface area contributed by atoms with Crippen molar-refractivity contribution in [2.24, 2.45) is 0 Å². The molecule has 0 saturated carbocycles. The minimum absolute atomic E-state index is 0.846. The van der Waals surface area contributed by atoms with E-state index in [9.17, 15) is 0 Å². The first kappa shape index (κ1) is 12.2. The number of imidazole rings is 1. The van der Waals surface area contributed by atoms with Crippen LogP contribution in [0.3, 0.4) is 0 Å². The highest BCUT2D eigenvalue weighted by atomic mass is 16.5. The minimum Gasteiger partial charge on any atom is -0.385 e. The summed E-state index contributed by atoms with van der Waals surface area (Å²) in [7, 11) is 1.74. The molecule has 4 nitrogen and oxygen atoms in total. The van der Waals surface area contributed by atoms with Gasteiger partial charge in [0.25, 0.3) is 0 Å². The Morgan fingerprint density at radius 3 is 3.07 bits per heavy atom. The van der Waals surface area contributed by atoms with Crippen molar-refractivity contribution in [2.45, 2.75) is 32.9 Å². The fourth-order valence-electron chi connectivity index (χ4n) is 1.41. The van der Waals surface area contributed by atoms with E-state index in [1.165, 1.54) is 0 Å². The van der Waals surface area contributed by atoms with Crippen LogP contribution in [0, 0.1) is 0 Å².